The van der Waals surface area contributed by atoms with Gasteiger partial charge >= 0.3 is 11.9 Å². The van der Waals surface area contributed by atoms with Crippen molar-refractivity contribution in [2.24, 2.45) is 0 Å². The van der Waals surface area contributed by atoms with Crippen LogP contribution in [0.1, 0.15) is 24.5 Å². The Balaban J connectivity index is 1.85. The van der Waals surface area contributed by atoms with Gasteiger partial charge < -0.3 is 18.9 Å². The van der Waals surface area contributed by atoms with Crippen LogP contribution in [0.5, 0.6) is 0 Å². The largest absolute Gasteiger partial charge is 0.467 e. The molecule has 0 saturated carbocycles. The number of methoxy groups -OCH3 is 2. The van der Waals surface area contributed by atoms with Gasteiger partial charge in [0.2, 0.25) is 0 Å². The summed E-state index contributed by atoms with van der Waals surface area (Å²) in [6, 6.07) is 12.8. The number of carbonyl (C=O) groups is 2. The van der Waals surface area contributed by atoms with Crippen LogP contribution in [0.4, 0.5) is 5.69 Å². The van der Waals surface area contributed by atoms with Gasteiger partial charge in [0.15, 0.2) is 18.0 Å². The number of rotatable bonds is 7. The van der Waals surface area contributed by atoms with Crippen LogP contribution in [-0.4, -0.2) is 46.8 Å². The van der Waals surface area contributed by atoms with Crippen LogP contribution in [-0.2, 0) is 44.3 Å². The molecule has 1 aliphatic heterocycles. The fraction of sp³-hybridized carbons (Fsp3) is 0.364. The molecule has 1 N–H and O–H groups in total. The van der Waals surface area contributed by atoms with Gasteiger partial charge in [-0.25, -0.2) is 18.0 Å². The molecule has 0 amide bonds. The smallest absolute Gasteiger partial charge is 0.338 e. The summed E-state index contributed by atoms with van der Waals surface area (Å²) in [6.07, 6.45) is -2.33. The lowest BCUT2D eigenvalue weighted by molar-refractivity contribution is -0.196. The molecule has 10 heteroatoms. The molecule has 1 aliphatic rings. The van der Waals surface area contributed by atoms with Gasteiger partial charge in [0, 0.05) is 17.7 Å². The SMILES string of the molecule is CCC1(c2ccc(NS(=O)(=O)c3ccc(C)cc3)cc2)O[C@@H](C(=O)OC)[C@H](C(=O)OC)O1. The normalized spacial score (nSPS) is 19.9. The first-order valence-corrected chi connectivity index (χ1v) is 11.4. The van der Waals surface area contributed by atoms with Crippen LogP contribution in [0, 0.1) is 6.92 Å². The zero-order valence-corrected chi connectivity index (χ0v) is 19.0. The van der Waals surface area contributed by atoms with Crippen molar-refractivity contribution in [3.05, 3.63) is 59.7 Å². The number of hydrogen-bond donors (Lipinski definition) is 1. The van der Waals surface area contributed by atoms with Gasteiger partial charge in [-0.2, -0.15) is 0 Å². The second-order valence-corrected chi connectivity index (χ2v) is 8.91. The number of nitrogens with one attached hydrogen (secondary N) is 1. The van der Waals surface area contributed by atoms with Crippen LogP contribution in [0.25, 0.3) is 0 Å². The predicted molar refractivity (Wildman–Crippen MR) is 114 cm³/mol. The Morgan fingerprint density at radius 3 is 1.88 bits per heavy atom. The summed E-state index contributed by atoms with van der Waals surface area (Å²) in [4.78, 5) is 24.4. The lowest BCUT2D eigenvalue weighted by Crippen LogP contribution is -2.38. The number of hydrogen-bond acceptors (Lipinski definition) is 8. The summed E-state index contributed by atoms with van der Waals surface area (Å²) < 4.78 is 48.9. The Bertz CT molecular complexity index is 1060. The topological polar surface area (TPSA) is 117 Å². The minimum absolute atomic E-state index is 0.140. The summed E-state index contributed by atoms with van der Waals surface area (Å²) in [5, 5.41) is 0. The molecule has 3 rings (SSSR count). The first-order valence-electron chi connectivity index (χ1n) is 9.87. The maximum atomic E-state index is 12.6. The molecule has 2 aromatic carbocycles. The number of esters is 2. The van der Waals surface area contributed by atoms with Gasteiger partial charge in [0.25, 0.3) is 10.0 Å². The third-order valence-electron chi connectivity index (χ3n) is 5.15. The van der Waals surface area contributed by atoms with Gasteiger partial charge in [0.1, 0.15) is 0 Å². The molecule has 0 aliphatic carbocycles. The lowest BCUT2D eigenvalue weighted by atomic mass is 10.0. The van der Waals surface area contributed by atoms with Crippen LogP contribution in [0.3, 0.4) is 0 Å². The molecule has 0 unspecified atom stereocenters. The molecule has 0 aromatic heterocycles. The minimum Gasteiger partial charge on any atom is -0.467 e. The Kier molecular flexibility index (Phi) is 6.87. The minimum atomic E-state index is -3.76. The first-order chi connectivity index (χ1) is 15.2. The van der Waals surface area contributed by atoms with E-state index < -0.39 is 40.0 Å². The molecular formula is C22H25NO8S. The van der Waals surface area contributed by atoms with E-state index in [-0.39, 0.29) is 11.3 Å². The summed E-state index contributed by atoms with van der Waals surface area (Å²) in [5.74, 6) is -2.94. The third kappa shape index (κ3) is 4.62. The number of ether oxygens (including phenoxy) is 4. The van der Waals surface area contributed by atoms with Crippen molar-refractivity contribution >= 4 is 27.6 Å². The third-order valence-corrected chi connectivity index (χ3v) is 6.55. The Hall–Kier alpha value is -2.95. The van der Waals surface area contributed by atoms with Crippen LogP contribution in [0.2, 0.25) is 0 Å². The van der Waals surface area contributed by atoms with Crippen molar-refractivity contribution in [3.63, 3.8) is 0 Å². The molecule has 0 spiro atoms. The van der Waals surface area contributed by atoms with E-state index in [0.29, 0.717) is 11.3 Å². The zero-order chi connectivity index (χ0) is 23.5. The van der Waals surface area contributed by atoms with Crippen molar-refractivity contribution < 1.29 is 37.0 Å². The second-order valence-electron chi connectivity index (χ2n) is 7.23. The number of carbonyl (C=O) groups excluding carboxylic acids is 2. The highest BCUT2D eigenvalue weighted by molar-refractivity contribution is 7.92. The number of anilines is 1. The molecule has 32 heavy (non-hydrogen) atoms. The molecule has 2 atom stereocenters. The number of sulfonamides is 1. The standard InChI is InChI=1S/C22H25NO8S/c1-5-22(30-18(20(24)28-3)19(31-22)21(25)29-4)15-8-10-16(11-9-15)23-32(26,27)17-12-6-14(2)7-13-17/h6-13,18-19,23H,5H2,1-4H3/t18-,19-/m1/s1. The maximum Gasteiger partial charge on any atom is 0.338 e. The molecular weight excluding hydrogens is 438 g/mol. The predicted octanol–water partition coefficient (Wildman–Crippen LogP) is 2.49. The number of benzene rings is 2. The molecule has 1 saturated heterocycles. The quantitative estimate of drug-likeness (QED) is 0.623. The maximum absolute atomic E-state index is 12.6. The van der Waals surface area contributed by atoms with Crippen molar-refractivity contribution in [1.29, 1.82) is 0 Å². The van der Waals surface area contributed by atoms with Crippen molar-refractivity contribution in [2.75, 3.05) is 18.9 Å². The fourth-order valence-corrected chi connectivity index (χ4v) is 4.43. The van der Waals surface area contributed by atoms with Gasteiger partial charge in [-0.15, -0.1) is 0 Å². The Morgan fingerprint density at radius 1 is 0.938 bits per heavy atom. The van der Waals surface area contributed by atoms with Crippen LogP contribution < -0.4 is 4.72 Å². The zero-order valence-electron chi connectivity index (χ0n) is 18.2. The summed E-state index contributed by atoms with van der Waals surface area (Å²) in [7, 11) is -1.40. The van der Waals surface area contributed by atoms with Gasteiger partial charge in [-0.1, -0.05) is 36.8 Å². The van der Waals surface area contributed by atoms with Crippen molar-refractivity contribution in [2.45, 2.75) is 43.2 Å². The van der Waals surface area contributed by atoms with E-state index in [1.165, 1.54) is 26.4 Å². The van der Waals surface area contributed by atoms with Crippen LogP contribution >= 0.6 is 0 Å². The second kappa shape index (κ2) is 9.27. The summed E-state index contributed by atoms with van der Waals surface area (Å²) >= 11 is 0. The molecule has 1 heterocycles. The Morgan fingerprint density at radius 2 is 1.44 bits per heavy atom. The highest BCUT2D eigenvalue weighted by atomic mass is 32.2. The van der Waals surface area contributed by atoms with Gasteiger partial charge in [-0.05, 0) is 31.2 Å². The van der Waals surface area contributed by atoms with E-state index in [4.69, 9.17) is 18.9 Å². The van der Waals surface area contributed by atoms with Gasteiger partial charge in [0.05, 0.1) is 19.1 Å². The molecule has 172 valence electrons. The van der Waals surface area contributed by atoms with E-state index >= 15 is 0 Å². The molecule has 0 bridgehead atoms. The van der Waals surface area contributed by atoms with E-state index in [2.05, 4.69) is 4.72 Å². The van der Waals surface area contributed by atoms with E-state index in [0.717, 1.165) is 5.56 Å². The average molecular weight is 464 g/mol. The van der Waals surface area contributed by atoms with Crippen LogP contribution in [0.15, 0.2) is 53.4 Å². The molecule has 0 radical (unpaired) electrons. The Labute approximate surface area is 186 Å². The van der Waals surface area contributed by atoms with E-state index in [1.807, 2.05) is 6.92 Å². The highest BCUT2D eigenvalue weighted by Gasteiger charge is 2.54. The monoisotopic (exact) mass is 463 g/mol. The van der Waals surface area contributed by atoms with E-state index in [1.54, 1.807) is 43.3 Å². The van der Waals surface area contributed by atoms with Gasteiger partial charge in [-0.3, -0.25) is 4.72 Å². The van der Waals surface area contributed by atoms with E-state index in [9.17, 15) is 18.0 Å². The van der Waals surface area contributed by atoms with Crippen molar-refractivity contribution in [3.8, 4) is 0 Å². The van der Waals surface area contributed by atoms with Crippen molar-refractivity contribution in [1.82, 2.24) is 0 Å². The molecule has 9 nitrogen and oxygen atoms in total. The average Bonchev–Trinajstić information content (AvgIpc) is 3.20. The molecule has 2 aromatic rings. The summed E-state index contributed by atoms with van der Waals surface area (Å²) in [5.41, 5.74) is 1.77. The summed E-state index contributed by atoms with van der Waals surface area (Å²) in [6.45, 7) is 3.64. The lowest BCUT2D eigenvalue weighted by Gasteiger charge is -2.27. The fourth-order valence-electron chi connectivity index (χ4n) is 3.37. The number of aryl methyl sites for hydroxylation is 1. The highest BCUT2D eigenvalue weighted by Crippen LogP contribution is 2.41. The molecule has 1 fully saturated rings. The first kappa shape index (κ1) is 23.7.